The van der Waals surface area contributed by atoms with Crippen LogP contribution in [0, 0.1) is 5.92 Å². The molecule has 90 valence electrons. The molecule has 1 aliphatic carbocycles. The van der Waals surface area contributed by atoms with Crippen LogP contribution in [-0.4, -0.2) is 24.8 Å². The van der Waals surface area contributed by atoms with E-state index in [0.717, 1.165) is 19.1 Å². The Hall–Kier alpha value is -0.950. The van der Waals surface area contributed by atoms with E-state index < -0.39 is 15.4 Å². The molecule has 2 rings (SSSR count). The lowest BCUT2D eigenvalue weighted by Gasteiger charge is -2.18. The van der Waals surface area contributed by atoms with Crippen molar-refractivity contribution >= 4 is 9.84 Å². The van der Waals surface area contributed by atoms with Crippen LogP contribution >= 0.6 is 0 Å². The maximum atomic E-state index is 11.1. The van der Waals surface area contributed by atoms with Crippen LogP contribution in [0.4, 0.5) is 0 Å². The zero-order valence-electron chi connectivity index (χ0n) is 9.30. The van der Waals surface area contributed by atoms with Crippen molar-refractivity contribution in [3.8, 4) is 0 Å². The SMILES string of the molecule is CC(N)(c1nc(CS(C)(=O)=O)no1)C1CC1. The first kappa shape index (κ1) is 11.5. The molecular weight excluding hydrogens is 230 g/mol. The number of nitrogens with two attached hydrogens (primary N) is 1. The highest BCUT2D eigenvalue weighted by atomic mass is 32.2. The van der Waals surface area contributed by atoms with Gasteiger partial charge in [0.05, 0.1) is 5.54 Å². The Labute approximate surface area is 94.1 Å². The van der Waals surface area contributed by atoms with Crippen molar-refractivity contribution in [2.45, 2.75) is 31.1 Å². The van der Waals surface area contributed by atoms with E-state index in [2.05, 4.69) is 10.1 Å². The van der Waals surface area contributed by atoms with E-state index in [1.165, 1.54) is 0 Å². The molecule has 1 aliphatic rings. The average molecular weight is 245 g/mol. The lowest BCUT2D eigenvalue weighted by atomic mass is 9.97. The number of hydrogen-bond acceptors (Lipinski definition) is 6. The second-order valence-electron chi connectivity index (χ2n) is 4.64. The van der Waals surface area contributed by atoms with Gasteiger partial charge in [-0.1, -0.05) is 5.16 Å². The summed E-state index contributed by atoms with van der Waals surface area (Å²) in [6.45, 7) is 1.84. The van der Waals surface area contributed by atoms with E-state index in [-0.39, 0.29) is 11.6 Å². The first-order chi connectivity index (χ1) is 7.29. The minimum absolute atomic E-state index is 0.176. The molecule has 0 spiro atoms. The third-order valence-corrected chi connectivity index (χ3v) is 3.53. The Morgan fingerprint density at radius 3 is 2.69 bits per heavy atom. The van der Waals surface area contributed by atoms with Crippen LogP contribution in [0.25, 0.3) is 0 Å². The molecule has 0 radical (unpaired) electrons. The lowest BCUT2D eigenvalue weighted by molar-refractivity contribution is 0.272. The van der Waals surface area contributed by atoms with Gasteiger partial charge >= 0.3 is 0 Å². The summed E-state index contributed by atoms with van der Waals surface area (Å²) in [6, 6.07) is 0. The molecule has 1 heterocycles. The molecule has 1 fully saturated rings. The summed E-state index contributed by atoms with van der Waals surface area (Å²) in [5.41, 5.74) is 5.44. The van der Waals surface area contributed by atoms with Gasteiger partial charge in [-0.25, -0.2) is 8.42 Å². The molecule has 0 aromatic carbocycles. The molecule has 0 saturated heterocycles. The molecule has 16 heavy (non-hydrogen) atoms. The highest BCUT2D eigenvalue weighted by Gasteiger charge is 2.43. The Morgan fingerprint density at radius 1 is 1.56 bits per heavy atom. The number of sulfone groups is 1. The van der Waals surface area contributed by atoms with Gasteiger partial charge in [0.2, 0.25) is 5.89 Å². The molecule has 1 unspecified atom stereocenters. The molecule has 7 heteroatoms. The molecule has 1 aromatic heterocycles. The van der Waals surface area contributed by atoms with Crippen LogP contribution in [0.5, 0.6) is 0 Å². The summed E-state index contributed by atoms with van der Waals surface area (Å²) in [5.74, 6) is 0.652. The van der Waals surface area contributed by atoms with Crippen molar-refractivity contribution in [3.05, 3.63) is 11.7 Å². The van der Waals surface area contributed by atoms with Crippen LogP contribution in [0.1, 0.15) is 31.5 Å². The summed E-state index contributed by atoms with van der Waals surface area (Å²) in [6.07, 6.45) is 3.24. The van der Waals surface area contributed by atoms with Crippen molar-refractivity contribution in [1.29, 1.82) is 0 Å². The van der Waals surface area contributed by atoms with Crippen LogP contribution in [0.3, 0.4) is 0 Å². The third kappa shape index (κ3) is 2.41. The third-order valence-electron chi connectivity index (χ3n) is 2.75. The number of aromatic nitrogens is 2. The Morgan fingerprint density at radius 2 is 2.19 bits per heavy atom. The van der Waals surface area contributed by atoms with Gasteiger partial charge in [-0.3, -0.25) is 0 Å². The van der Waals surface area contributed by atoms with Gasteiger partial charge in [-0.15, -0.1) is 0 Å². The standard InChI is InChI=1S/C9H15N3O3S/c1-9(10,6-3-4-6)8-11-7(12-15-8)5-16(2,13)14/h6H,3-5,10H2,1-2H3. The molecule has 0 aliphatic heterocycles. The molecular formula is C9H15N3O3S. The van der Waals surface area contributed by atoms with Crippen molar-refractivity contribution < 1.29 is 12.9 Å². The quantitative estimate of drug-likeness (QED) is 0.813. The van der Waals surface area contributed by atoms with E-state index in [4.69, 9.17) is 10.3 Å². The van der Waals surface area contributed by atoms with E-state index in [1.54, 1.807) is 0 Å². The number of nitrogens with zero attached hydrogens (tertiary/aromatic N) is 2. The molecule has 1 saturated carbocycles. The Balaban J connectivity index is 2.19. The summed E-state index contributed by atoms with van der Waals surface area (Å²) in [7, 11) is -3.14. The van der Waals surface area contributed by atoms with Crippen LogP contribution in [-0.2, 0) is 21.1 Å². The minimum Gasteiger partial charge on any atom is -0.337 e. The number of hydrogen-bond donors (Lipinski definition) is 1. The minimum atomic E-state index is -3.14. The summed E-state index contributed by atoms with van der Waals surface area (Å²) in [5, 5.41) is 3.63. The first-order valence-corrected chi connectivity index (χ1v) is 7.15. The average Bonchev–Trinajstić information content (AvgIpc) is 2.86. The predicted octanol–water partition coefficient (Wildman–Crippen LogP) is 0.198. The lowest BCUT2D eigenvalue weighted by Crippen LogP contribution is -2.35. The van der Waals surface area contributed by atoms with E-state index in [9.17, 15) is 8.42 Å². The van der Waals surface area contributed by atoms with Crippen molar-refractivity contribution in [2.75, 3.05) is 6.26 Å². The van der Waals surface area contributed by atoms with Crippen LogP contribution < -0.4 is 5.73 Å². The fourth-order valence-corrected chi connectivity index (χ4v) is 2.21. The van der Waals surface area contributed by atoms with Crippen molar-refractivity contribution in [1.82, 2.24) is 10.1 Å². The van der Waals surface area contributed by atoms with Gasteiger partial charge in [0.25, 0.3) is 0 Å². The van der Waals surface area contributed by atoms with Gasteiger partial charge in [0.1, 0.15) is 5.75 Å². The monoisotopic (exact) mass is 245 g/mol. The van der Waals surface area contributed by atoms with Gasteiger partial charge in [0, 0.05) is 6.26 Å². The largest absolute Gasteiger partial charge is 0.337 e. The fraction of sp³-hybridized carbons (Fsp3) is 0.778. The molecule has 0 bridgehead atoms. The number of rotatable bonds is 4. The molecule has 2 N–H and O–H groups in total. The van der Waals surface area contributed by atoms with E-state index >= 15 is 0 Å². The smallest absolute Gasteiger partial charge is 0.246 e. The Bertz CT molecular complexity index is 488. The highest BCUT2D eigenvalue weighted by Crippen LogP contribution is 2.43. The van der Waals surface area contributed by atoms with Gasteiger partial charge in [-0.2, -0.15) is 4.98 Å². The van der Waals surface area contributed by atoms with Gasteiger partial charge in [0.15, 0.2) is 15.7 Å². The summed E-state index contributed by atoms with van der Waals surface area (Å²) in [4.78, 5) is 4.05. The van der Waals surface area contributed by atoms with E-state index in [0.29, 0.717) is 11.8 Å². The van der Waals surface area contributed by atoms with Crippen molar-refractivity contribution in [3.63, 3.8) is 0 Å². The topological polar surface area (TPSA) is 99.1 Å². The first-order valence-electron chi connectivity index (χ1n) is 5.09. The predicted molar refractivity (Wildman–Crippen MR) is 57.1 cm³/mol. The van der Waals surface area contributed by atoms with Crippen molar-refractivity contribution in [2.24, 2.45) is 11.7 Å². The second-order valence-corrected chi connectivity index (χ2v) is 6.78. The molecule has 6 nitrogen and oxygen atoms in total. The highest BCUT2D eigenvalue weighted by molar-refractivity contribution is 7.89. The zero-order chi connectivity index (χ0) is 12.0. The van der Waals surface area contributed by atoms with Gasteiger partial charge in [-0.05, 0) is 25.7 Å². The maximum absolute atomic E-state index is 11.1. The zero-order valence-corrected chi connectivity index (χ0v) is 10.1. The second kappa shape index (κ2) is 3.53. The normalized spacial score (nSPS) is 20.7. The molecule has 0 amide bonds. The summed E-state index contributed by atoms with van der Waals surface area (Å²) >= 11 is 0. The molecule has 1 atom stereocenters. The Kier molecular flexibility index (Phi) is 2.54. The fourth-order valence-electron chi connectivity index (χ4n) is 1.62. The van der Waals surface area contributed by atoms with E-state index in [1.807, 2.05) is 6.92 Å². The van der Waals surface area contributed by atoms with Gasteiger partial charge < -0.3 is 10.3 Å². The van der Waals surface area contributed by atoms with Crippen LogP contribution in [0.15, 0.2) is 4.52 Å². The summed E-state index contributed by atoms with van der Waals surface area (Å²) < 4.78 is 27.1. The molecule has 1 aromatic rings. The van der Waals surface area contributed by atoms with Crippen LogP contribution in [0.2, 0.25) is 0 Å². The maximum Gasteiger partial charge on any atom is 0.246 e.